The summed E-state index contributed by atoms with van der Waals surface area (Å²) >= 11 is 0. The van der Waals surface area contributed by atoms with Crippen molar-refractivity contribution in [1.82, 2.24) is 14.5 Å². The number of amides is 1. The number of benzene rings is 2. The molecular formula is C24H29N3O5. The lowest BCUT2D eigenvalue weighted by atomic mass is 10.1. The van der Waals surface area contributed by atoms with Crippen LogP contribution in [-0.4, -0.2) is 35.8 Å². The van der Waals surface area contributed by atoms with Gasteiger partial charge >= 0.3 is 5.69 Å². The van der Waals surface area contributed by atoms with Crippen molar-refractivity contribution in [2.24, 2.45) is 0 Å². The smallest absolute Gasteiger partial charge is 0.332 e. The normalized spacial score (nSPS) is 11.9. The third-order valence-electron chi connectivity index (χ3n) is 5.60. The number of nitrogens with one attached hydrogen (secondary N) is 1. The van der Waals surface area contributed by atoms with Crippen LogP contribution in [0.5, 0.6) is 11.5 Å². The van der Waals surface area contributed by atoms with E-state index in [4.69, 9.17) is 9.47 Å². The minimum absolute atomic E-state index is 0.165. The molecule has 0 aliphatic rings. The van der Waals surface area contributed by atoms with Crippen LogP contribution < -0.4 is 26.0 Å². The van der Waals surface area contributed by atoms with Gasteiger partial charge < -0.3 is 14.8 Å². The van der Waals surface area contributed by atoms with Gasteiger partial charge in [0.25, 0.3) is 5.56 Å². The Bertz CT molecular complexity index is 1230. The molecule has 0 fully saturated rings. The van der Waals surface area contributed by atoms with Gasteiger partial charge in [-0.3, -0.25) is 18.7 Å². The fraction of sp³-hybridized carbons (Fsp3) is 0.375. The van der Waals surface area contributed by atoms with Crippen molar-refractivity contribution in [3.8, 4) is 11.5 Å². The zero-order valence-corrected chi connectivity index (χ0v) is 18.9. The van der Waals surface area contributed by atoms with Crippen molar-refractivity contribution in [3.05, 3.63) is 68.9 Å². The Labute approximate surface area is 186 Å². The van der Waals surface area contributed by atoms with Crippen LogP contribution in [0.2, 0.25) is 0 Å². The second kappa shape index (κ2) is 10.2. The molecule has 1 aromatic heterocycles. The van der Waals surface area contributed by atoms with E-state index >= 15 is 0 Å². The minimum atomic E-state index is -0.474. The van der Waals surface area contributed by atoms with Gasteiger partial charge in [-0.15, -0.1) is 0 Å². The molecule has 1 atom stereocenters. The molecule has 0 radical (unpaired) electrons. The van der Waals surface area contributed by atoms with Crippen molar-refractivity contribution >= 4 is 16.8 Å². The van der Waals surface area contributed by atoms with Gasteiger partial charge in [-0.1, -0.05) is 25.1 Å². The summed E-state index contributed by atoms with van der Waals surface area (Å²) < 4.78 is 13.2. The molecule has 0 spiro atoms. The van der Waals surface area contributed by atoms with E-state index in [1.165, 1.54) is 9.13 Å². The van der Waals surface area contributed by atoms with Crippen LogP contribution in [0.3, 0.4) is 0 Å². The lowest BCUT2D eigenvalue weighted by Crippen LogP contribution is -2.44. The van der Waals surface area contributed by atoms with Crippen LogP contribution in [0.15, 0.2) is 52.1 Å². The van der Waals surface area contributed by atoms with Crippen LogP contribution in [0.1, 0.15) is 31.9 Å². The molecule has 0 aliphatic heterocycles. The summed E-state index contributed by atoms with van der Waals surface area (Å²) in [5.41, 5.74) is 0.635. The summed E-state index contributed by atoms with van der Waals surface area (Å²) in [7, 11) is 3.15. The van der Waals surface area contributed by atoms with Crippen LogP contribution in [-0.2, 0) is 17.8 Å². The van der Waals surface area contributed by atoms with Crippen molar-refractivity contribution in [2.45, 2.75) is 39.3 Å². The standard InChI is InChI=1S/C24H29N3O5/c1-5-16(2)27-23(29)18-8-6-7-9-19(18)26(24(27)30)15-22(28)25-13-12-17-10-11-20(31-3)21(14-17)32-4/h6-11,14,16H,5,12-13,15H2,1-4H3,(H,25,28)/t16-/m1/s1. The average molecular weight is 440 g/mol. The molecular weight excluding hydrogens is 410 g/mol. The van der Waals surface area contributed by atoms with Crippen molar-refractivity contribution in [2.75, 3.05) is 20.8 Å². The highest BCUT2D eigenvalue weighted by atomic mass is 16.5. The highest BCUT2D eigenvalue weighted by Crippen LogP contribution is 2.27. The van der Waals surface area contributed by atoms with Crippen molar-refractivity contribution in [3.63, 3.8) is 0 Å². The summed E-state index contributed by atoms with van der Waals surface area (Å²) in [5.74, 6) is 0.969. The van der Waals surface area contributed by atoms with Gasteiger partial charge in [0.2, 0.25) is 5.91 Å². The number of para-hydroxylation sites is 1. The van der Waals surface area contributed by atoms with Gasteiger partial charge in [-0.05, 0) is 49.6 Å². The molecule has 2 aromatic carbocycles. The molecule has 0 aliphatic carbocycles. The maximum absolute atomic E-state index is 13.1. The number of rotatable bonds is 9. The lowest BCUT2D eigenvalue weighted by Gasteiger charge is -2.17. The van der Waals surface area contributed by atoms with Crippen LogP contribution in [0.25, 0.3) is 10.9 Å². The Kier molecular flexibility index (Phi) is 7.35. The first-order valence-corrected chi connectivity index (χ1v) is 10.6. The van der Waals surface area contributed by atoms with Crippen LogP contribution in [0.4, 0.5) is 0 Å². The molecule has 0 saturated carbocycles. The van der Waals surface area contributed by atoms with E-state index in [9.17, 15) is 14.4 Å². The van der Waals surface area contributed by atoms with Crippen LogP contribution >= 0.6 is 0 Å². The second-order valence-corrected chi connectivity index (χ2v) is 7.61. The molecule has 3 rings (SSSR count). The molecule has 8 heteroatoms. The predicted molar refractivity (Wildman–Crippen MR) is 124 cm³/mol. The van der Waals surface area contributed by atoms with E-state index in [1.807, 2.05) is 32.0 Å². The Balaban J connectivity index is 1.79. The molecule has 0 bridgehead atoms. The number of carbonyl (C=O) groups excluding carboxylic acids is 1. The number of ether oxygens (including phenoxy) is 2. The first kappa shape index (κ1) is 23.1. The molecule has 0 saturated heterocycles. The summed E-state index contributed by atoms with van der Waals surface area (Å²) in [6.07, 6.45) is 1.22. The zero-order valence-electron chi connectivity index (χ0n) is 18.9. The van der Waals surface area contributed by atoms with Gasteiger partial charge in [0.15, 0.2) is 11.5 Å². The van der Waals surface area contributed by atoms with E-state index in [0.717, 1.165) is 5.56 Å². The zero-order chi connectivity index (χ0) is 23.3. The number of methoxy groups -OCH3 is 2. The monoisotopic (exact) mass is 439 g/mol. The largest absolute Gasteiger partial charge is 0.493 e. The third kappa shape index (κ3) is 4.69. The summed E-state index contributed by atoms with van der Waals surface area (Å²) in [4.78, 5) is 38.6. The molecule has 1 amide bonds. The number of hydrogen-bond donors (Lipinski definition) is 1. The average Bonchev–Trinajstić information content (AvgIpc) is 2.81. The molecule has 1 N–H and O–H groups in total. The maximum Gasteiger partial charge on any atom is 0.332 e. The number of aromatic nitrogens is 2. The van der Waals surface area contributed by atoms with Gasteiger partial charge in [0.05, 0.1) is 25.1 Å². The molecule has 32 heavy (non-hydrogen) atoms. The third-order valence-corrected chi connectivity index (χ3v) is 5.60. The van der Waals surface area contributed by atoms with Crippen molar-refractivity contribution in [1.29, 1.82) is 0 Å². The summed E-state index contributed by atoms with van der Waals surface area (Å²) in [5, 5.41) is 3.28. The highest BCUT2D eigenvalue weighted by molar-refractivity contribution is 5.81. The first-order valence-electron chi connectivity index (χ1n) is 10.6. The second-order valence-electron chi connectivity index (χ2n) is 7.61. The Morgan fingerprint density at radius 3 is 2.47 bits per heavy atom. The maximum atomic E-state index is 13.1. The lowest BCUT2D eigenvalue weighted by molar-refractivity contribution is -0.121. The molecule has 3 aromatic rings. The Hall–Kier alpha value is -3.55. The van der Waals surface area contributed by atoms with E-state index in [-0.39, 0.29) is 24.1 Å². The highest BCUT2D eigenvalue weighted by Gasteiger charge is 2.17. The topological polar surface area (TPSA) is 91.6 Å². The number of nitrogens with zero attached hydrogens (tertiary/aromatic N) is 2. The van der Waals surface area contributed by atoms with Gasteiger partial charge in [0, 0.05) is 12.6 Å². The molecule has 1 heterocycles. The van der Waals surface area contributed by atoms with Crippen molar-refractivity contribution < 1.29 is 14.3 Å². The Morgan fingerprint density at radius 2 is 1.78 bits per heavy atom. The predicted octanol–water partition coefficient (Wildman–Crippen LogP) is 2.51. The fourth-order valence-corrected chi connectivity index (χ4v) is 3.65. The van der Waals surface area contributed by atoms with E-state index in [2.05, 4.69) is 5.32 Å². The van der Waals surface area contributed by atoms with Gasteiger partial charge in [0.1, 0.15) is 6.54 Å². The summed E-state index contributed by atoms with van der Waals surface area (Å²) in [6, 6.07) is 12.2. The fourth-order valence-electron chi connectivity index (χ4n) is 3.65. The first-order chi connectivity index (χ1) is 15.4. The van der Waals surface area contributed by atoms with Crippen LogP contribution in [0, 0.1) is 0 Å². The van der Waals surface area contributed by atoms with E-state index < -0.39 is 5.69 Å². The molecule has 8 nitrogen and oxygen atoms in total. The number of hydrogen-bond acceptors (Lipinski definition) is 5. The molecule has 170 valence electrons. The minimum Gasteiger partial charge on any atom is -0.493 e. The summed E-state index contributed by atoms with van der Waals surface area (Å²) in [6.45, 7) is 3.97. The SMILES string of the molecule is CC[C@@H](C)n1c(=O)c2ccccc2n(CC(=O)NCCc2ccc(OC)c(OC)c2)c1=O. The van der Waals surface area contributed by atoms with E-state index in [0.29, 0.717) is 41.8 Å². The molecule has 0 unspecified atom stereocenters. The quantitative estimate of drug-likeness (QED) is 0.553. The number of carbonyl (C=O) groups is 1. The van der Waals surface area contributed by atoms with E-state index in [1.54, 1.807) is 38.5 Å². The number of fused-ring (bicyclic) bond motifs is 1. The van der Waals surface area contributed by atoms with Gasteiger partial charge in [-0.2, -0.15) is 0 Å². The Morgan fingerprint density at radius 1 is 1.06 bits per heavy atom. The van der Waals surface area contributed by atoms with Gasteiger partial charge in [-0.25, -0.2) is 4.79 Å².